The average molecular weight is 587 g/mol. The first kappa shape index (κ1) is 30.5. The molecule has 0 fully saturated rings. The van der Waals surface area contributed by atoms with Gasteiger partial charge in [-0.2, -0.15) is 10.2 Å². The van der Waals surface area contributed by atoms with Crippen LogP contribution < -0.4 is 9.47 Å². The highest BCUT2D eigenvalue weighted by atomic mass is 16.5. The van der Waals surface area contributed by atoms with Crippen LogP contribution in [0.4, 0.5) is 0 Å². The van der Waals surface area contributed by atoms with Gasteiger partial charge in [-0.05, 0) is 108 Å². The van der Waals surface area contributed by atoms with Gasteiger partial charge < -0.3 is 14.2 Å². The minimum absolute atomic E-state index is 0.367. The van der Waals surface area contributed by atoms with Crippen LogP contribution in [0.2, 0.25) is 0 Å². The third-order valence-corrected chi connectivity index (χ3v) is 7.75. The maximum absolute atomic E-state index is 11.0. The number of ether oxygens (including phenoxy) is 3. The van der Waals surface area contributed by atoms with Crippen molar-refractivity contribution in [2.75, 3.05) is 20.3 Å². The van der Waals surface area contributed by atoms with E-state index in [-0.39, 0.29) is 5.97 Å². The summed E-state index contributed by atoms with van der Waals surface area (Å²) < 4.78 is 16.5. The Morgan fingerprint density at radius 1 is 0.841 bits per heavy atom. The van der Waals surface area contributed by atoms with Gasteiger partial charge in [-0.1, -0.05) is 61.2 Å². The van der Waals surface area contributed by atoms with Crippen molar-refractivity contribution in [2.24, 2.45) is 10.2 Å². The molecule has 0 spiro atoms. The predicted octanol–water partition coefficient (Wildman–Crippen LogP) is 8.44. The summed E-state index contributed by atoms with van der Waals surface area (Å²) in [6.07, 6.45) is 7.69. The molecule has 1 aliphatic rings. The monoisotopic (exact) mass is 586 g/mol. The van der Waals surface area contributed by atoms with Gasteiger partial charge in [0.05, 0.1) is 32.2 Å². The molecule has 0 saturated carbocycles. The Kier molecular flexibility index (Phi) is 10.4. The second kappa shape index (κ2) is 15.0. The highest BCUT2D eigenvalue weighted by Gasteiger charge is 2.18. The minimum Gasteiger partial charge on any atom is -0.496 e. The van der Waals surface area contributed by atoms with Crippen LogP contribution in [0.15, 0.2) is 108 Å². The molecule has 44 heavy (non-hydrogen) atoms. The first-order valence-electron chi connectivity index (χ1n) is 15.1. The van der Waals surface area contributed by atoms with Gasteiger partial charge in [-0.25, -0.2) is 4.79 Å². The van der Waals surface area contributed by atoms with Crippen molar-refractivity contribution < 1.29 is 19.0 Å². The lowest BCUT2D eigenvalue weighted by Crippen LogP contribution is -2.02. The zero-order valence-corrected chi connectivity index (χ0v) is 25.4. The Labute approximate surface area is 259 Å². The van der Waals surface area contributed by atoms with Crippen LogP contribution >= 0.6 is 0 Å². The number of methoxy groups -OCH3 is 1. The molecule has 0 N–H and O–H groups in total. The van der Waals surface area contributed by atoms with E-state index in [0.717, 1.165) is 71.6 Å². The van der Waals surface area contributed by atoms with E-state index in [9.17, 15) is 4.79 Å². The Morgan fingerprint density at radius 2 is 1.59 bits per heavy atom. The van der Waals surface area contributed by atoms with E-state index in [1.165, 1.54) is 28.3 Å². The van der Waals surface area contributed by atoms with Gasteiger partial charge in [0.15, 0.2) is 0 Å². The molecule has 0 bridgehead atoms. The molecule has 0 radical (unpaired) electrons. The number of carbonyl (C=O) groups excluding carboxylic acids is 1. The first-order chi connectivity index (χ1) is 21.6. The Morgan fingerprint density at radius 3 is 2.39 bits per heavy atom. The molecule has 224 valence electrons. The number of hydrogen-bond acceptors (Lipinski definition) is 6. The lowest BCUT2D eigenvalue weighted by atomic mass is 10.0. The van der Waals surface area contributed by atoms with Crippen LogP contribution in [-0.2, 0) is 16.0 Å². The molecule has 6 nitrogen and oxygen atoms in total. The second-order valence-corrected chi connectivity index (χ2v) is 10.8. The van der Waals surface area contributed by atoms with Gasteiger partial charge in [0.2, 0.25) is 0 Å². The van der Waals surface area contributed by atoms with Gasteiger partial charge in [-0.3, -0.25) is 0 Å². The summed E-state index contributed by atoms with van der Waals surface area (Å²) in [5.74, 6) is 1.21. The van der Waals surface area contributed by atoms with Gasteiger partial charge >= 0.3 is 5.97 Å². The van der Waals surface area contributed by atoms with Crippen LogP contribution in [-0.4, -0.2) is 38.2 Å². The largest absolute Gasteiger partial charge is 0.496 e. The summed E-state index contributed by atoms with van der Waals surface area (Å²) in [5.41, 5.74) is 10.2. The Balaban J connectivity index is 1.16. The number of nitrogens with zero attached hydrogens (tertiary/aromatic N) is 2. The molecule has 0 amide bonds. The van der Waals surface area contributed by atoms with Crippen LogP contribution in [0, 0.1) is 0 Å². The maximum atomic E-state index is 11.0. The van der Waals surface area contributed by atoms with E-state index in [4.69, 9.17) is 14.2 Å². The number of unbranched alkanes of at least 4 members (excludes halogenated alkanes) is 3. The van der Waals surface area contributed by atoms with Crippen molar-refractivity contribution >= 4 is 17.9 Å². The van der Waals surface area contributed by atoms with E-state index in [1.54, 1.807) is 13.3 Å². The molecule has 0 aliphatic heterocycles. The fourth-order valence-electron chi connectivity index (χ4n) is 5.34. The second-order valence-electron chi connectivity index (χ2n) is 10.8. The number of hydrogen-bond donors (Lipinski definition) is 0. The zero-order valence-electron chi connectivity index (χ0n) is 25.4. The molecule has 4 aromatic carbocycles. The van der Waals surface area contributed by atoms with E-state index in [0.29, 0.717) is 13.2 Å². The Bertz CT molecular complexity index is 1670. The van der Waals surface area contributed by atoms with Crippen LogP contribution in [0.1, 0.15) is 54.9 Å². The normalized spacial score (nSPS) is 12.1. The summed E-state index contributed by atoms with van der Waals surface area (Å²) in [5, 5.41) is 8.93. The summed E-state index contributed by atoms with van der Waals surface area (Å²) in [6, 6.07) is 29.3. The third-order valence-electron chi connectivity index (χ3n) is 7.75. The molecule has 0 heterocycles. The lowest BCUT2D eigenvalue weighted by molar-refractivity contribution is -0.137. The molecule has 0 unspecified atom stereocenters. The predicted molar refractivity (Wildman–Crippen MR) is 178 cm³/mol. The van der Waals surface area contributed by atoms with Crippen molar-refractivity contribution in [1.29, 1.82) is 0 Å². The van der Waals surface area contributed by atoms with Crippen molar-refractivity contribution in [3.8, 4) is 33.8 Å². The summed E-state index contributed by atoms with van der Waals surface area (Å²) in [4.78, 5) is 11.0. The van der Waals surface area contributed by atoms with E-state index in [1.807, 2.05) is 31.2 Å². The van der Waals surface area contributed by atoms with Crippen molar-refractivity contribution in [3.05, 3.63) is 120 Å². The fraction of sp³-hybridized carbons (Fsp3) is 0.237. The van der Waals surface area contributed by atoms with Gasteiger partial charge in [0.25, 0.3) is 0 Å². The number of rotatable bonds is 14. The molecule has 5 rings (SSSR count). The molecular formula is C38H38N2O4. The zero-order chi connectivity index (χ0) is 30.7. The number of esters is 1. The molecule has 4 aromatic rings. The minimum atomic E-state index is -0.367. The smallest absolute Gasteiger partial charge is 0.330 e. The maximum Gasteiger partial charge on any atom is 0.330 e. The number of carbonyl (C=O) groups is 1. The van der Waals surface area contributed by atoms with Crippen LogP contribution in [0.5, 0.6) is 11.5 Å². The third kappa shape index (κ3) is 7.70. The number of benzene rings is 4. The van der Waals surface area contributed by atoms with Gasteiger partial charge in [0.1, 0.15) is 11.5 Å². The topological polar surface area (TPSA) is 69.5 Å². The van der Waals surface area contributed by atoms with E-state index >= 15 is 0 Å². The molecule has 6 heteroatoms. The summed E-state index contributed by atoms with van der Waals surface area (Å²) >= 11 is 0. The molecule has 0 aromatic heterocycles. The summed E-state index contributed by atoms with van der Waals surface area (Å²) in [7, 11) is 1.66. The van der Waals surface area contributed by atoms with Crippen molar-refractivity contribution in [1.82, 2.24) is 0 Å². The van der Waals surface area contributed by atoms with E-state index < -0.39 is 0 Å². The SMILES string of the molecule is C=CC(=O)OCCCCCCOc1ccc(-c2ccc(OC)c(/C=N/N=C(\C)c3ccc4c(c3)Cc3ccccc3-4)c2)cc1. The molecular weight excluding hydrogens is 548 g/mol. The molecule has 0 atom stereocenters. The van der Waals surface area contributed by atoms with Crippen molar-refractivity contribution in [2.45, 2.75) is 39.0 Å². The highest BCUT2D eigenvalue weighted by molar-refractivity contribution is 6.00. The lowest BCUT2D eigenvalue weighted by Gasteiger charge is -2.10. The van der Waals surface area contributed by atoms with Crippen LogP contribution in [0.25, 0.3) is 22.3 Å². The van der Waals surface area contributed by atoms with Crippen molar-refractivity contribution in [3.63, 3.8) is 0 Å². The standard InChI is InChI=1S/C38H38N2O4/c1-4-38(41)44-22-10-6-5-9-21-43-34-17-13-28(14-18-34)30-16-20-37(42-3)33(24-30)26-39-40-27(2)29-15-19-36-32(23-29)25-31-11-7-8-12-35(31)36/h4,7-8,11-20,23-24,26H,1,5-6,9-10,21-22,25H2,2-3H3/b39-26+,40-27+. The molecule has 1 aliphatic carbocycles. The number of fused-ring (bicyclic) bond motifs is 3. The van der Waals surface area contributed by atoms with Gasteiger partial charge in [0, 0.05) is 11.6 Å². The summed E-state index contributed by atoms with van der Waals surface area (Å²) in [6.45, 7) is 6.46. The highest BCUT2D eigenvalue weighted by Crippen LogP contribution is 2.36. The molecule has 0 saturated heterocycles. The van der Waals surface area contributed by atoms with E-state index in [2.05, 4.69) is 77.4 Å². The quantitative estimate of drug-likeness (QED) is 0.0430. The Hall–Kier alpha value is -4.97. The fourth-order valence-corrected chi connectivity index (χ4v) is 5.34. The van der Waals surface area contributed by atoms with Gasteiger partial charge in [-0.15, -0.1) is 0 Å². The average Bonchev–Trinajstić information content (AvgIpc) is 3.44. The first-order valence-corrected chi connectivity index (χ1v) is 15.1. The van der Waals surface area contributed by atoms with Crippen LogP contribution in [0.3, 0.4) is 0 Å².